The van der Waals surface area contributed by atoms with E-state index in [-0.39, 0.29) is 25.2 Å². The Morgan fingerprint density at radius 1 is 0.253 bits per heavy atom. The Balaban J connectivity index is 3.48. The molecule has 1 N–H and O–H groups in total. The first-order valence-corrected chi connectivity index (χ1v) is 41.2. The van der Waals surface area contributed by atoms with Crippen molar-refractivity contribution in [1.29, 1.82) is 0 Å². The quantitative estimate of drug-likeness (QED) is 0.0373. The molecular formula is C90H156O5. The van der Waals surface area contributed by atoms with E-state index in [1.165, 1.54) is 263 Å². The van der Waals surface area contributed by atoms with Crippen LogP contribution in [0.15, 0.2) is 134 Å². The van der Waals surface area contributed by atoms with Gasteiger partial charge in [0, 0.05) is 12.8 Å². The maximum absolute atomic E-state index is 12.4. The van der Waals surface area contributed by atoms with Gasteiger partial charge >= 0.3 is 11.9 Å². The van der Waals surface area contributed by atoms with Gasteiger partial charge in [0.05, 0.1) is 6.61 Å². The Hall–Kier alpha value is -3.96. The van der Waals surface area contributed by atoms with Crippen molar-refractivity contribution in [2.24, 2.45) is 0 Å². The monoisotopic (exact) mass is 1320 g/mol. The standard InChI is InChI=1S/C90H156O5/c1-3-5-7-9-11-13-15-17-19-21-23-25-27-29-31-33-35-37-39-41-43-45-47-49-51-53-55-57-59-61-63-65-67-69-71-73-75-77-79-81-83-85-90(93)95-88(86-91)87-94-89(92)84-82-80-78-76-74-72-70-68-66-64-62-60-58-56-54-52-50-48-46-44-42-40-38-36-34-32-30-28-26-24-22-20-18-16-14-12-10-8-6-4-2/h5,7,11,13,17,19,23,25,29,31,35,37,41,43,47,49,53,55,59,61,65,67,88,91H,3-4,6,8-10,12,14-16,18,20-22,24,26-28,30,32-34,36,38-40,42,44-46,48,50-52,54,56-58,60,62-64,66,68-87H2,1-2H3/b7-5-,13-11-,19-17-,25-23-,31-29-,37-35-,43-41-,49-47-,55-53-,61-59-,67-65-. The lowest BCUT2D eigenvalue weighted by atomic mass is 10.0. The van der Waals surface area contributed by atoms with Gasteiger partial charge in [-0.1, -0.05) is 430 Å². The van der Waals surface area contributed by atoms with Gasteiger partial charge in [0.15, 0.2) is 6.10 Å². The SMILES string of the molecule is CC/C=C\C/C=C\C/C=C\C/C=C\C/C=C\C/C=C\C/C=C\C/C=C\C/C=C\C/C=C\C/C=C\CCCCCCCCCC(=O)OC(CO)COC(=O)CCCCCCCCCCCCCCCCCCCCCCCCCCCCCCCCCCCCCCCCCC. The summed E-state index contributed by atoms with van der Waals surface area (Å²) in [6, 6.07) is 0. The lowest BCUT2D eigenvalue weighted by Crippen LogP contribution is -2.28. The van der Waals surface area contributed by atoms with Crippen LogP contribution in [0.2, 0.25) is 0 Å². The Kier molecular flexibility index (Phi) is 80.8. The van der Waals surface area contributed by atoms with E-state index in [2.05, 4.69) is 148 Å². The molecule has 0 spiro atoms. The molecule has 1 unspecified atom stereocenters. The van der Waals surface area contributed by atoms with Crippen LogP contribution in [-0.4, -0.2) is 36.4 Å². The summed E-state index contributed by atoms with van der Waals surface area (Å²) in [6.45, 7) is 4.06. The maximum atomic E-state index is 12.4. The van der Waals surface area contributed by atoms with E-state index in [0.717, 1.165) is 116 Å². The molecule has 0 rings (SSSR count). The summed E-state index contributed by atoms with van der Waals surface area (Å²) in [6.07, 6.45) is 125. The zero-order valence-electron chi connectivity index (χ0n) is 62.9. The molecule has 0 fully saturated rings. The molecular weight excluding hydrogens is 1160 g/mol. The third kappa shape index (κ3) is 82.4. The van der Waals surface area contributed by atoms with E-state index >= 15 is 0 Å². The number of unbranched alkanes of at least 4 members (excludes halogenated alkanes) is 46. The van der Waals surface area contributed by atoms with Crippen molar-refractivity contribution in [3.05, 3.63) is 134 Å². The van der Waals surface area contributed by atoms with Gasteiger partial charge in [-0.3, -0.25) is 9.59 Å². The van der Waals surface area contributed by atoms with Crippen LogP contribution >= 0.6 is 0 Å². The molecule has 95 heavy (non-hydrogen) atoms. The second-order valence-corrected chi connectivity index (χ2v) is 27.5. The molecule has 0 radical (unpaired) electrons. The van der Waals surface area contributed by atoms with E-state index in [1.54, 1.807) is 0 Å². The van der Waals surface area contributed by atoms with Gasteiger partial charge in [-0.05, 0) is 96.3 Å². The first-order valence-electron chi connectivity index (χ1n) is 41.2. The number of carbonyl (C=O) groups is 2. The minimum atomic E-state index is -0.787. The predicted octanol–water partition coefficient (Wildman–Crippen LogP) is 29.4. The van der Waals surface area contributed by atoms with Crippen molar-refractivity contribution in [1.82, 2.24) is 0 Å². The van der Waals surface area contributed by atoms with E-state index in [0.29, 0.717) is 12.8 Å². The first kappa shape index (κ1) is 91.0. The summed E-state index contributed by atoms with van der Waals surface area (Å²) in [4.78, 5) is 24.7. The minimum Gasteiger partial charge on any atom is -0.462 e. The Bertz CT molecular complexity index is 1890. The molecule has 546 valence electrons. The summed E-state index contributed by atoms with van der Waals surface area (Å²) < 4.78 is 10.8. The van der Waals surface area contributed by atoms with Crippen LogP contribution in [0.1, 0.15) is 406 Å². The van der Waals surface area contributed by atoms with E-state index in [1.807, 2.05) is 0 Å². The highest BCUT2D eigenvalue weighted by Gasteiger charge is 2.16. The Morgan fingerprint density at radius 3 is 0.684 bits per heavy atom. The summed E-state index contributed by atoms with van der Waals surface area (Å²) in [5, 5.41) is 9.73. The fraction of sp³-hybridized carbons (Fsp3) is 0.733. The van der Waals surface area contributed by atoms with Crippen molar-refractivity contribution < 1.29 is 24.2 Å². The summed E-state index contributed by atoms with van der Waals surface area (Å²) >= 11 is 0. The number of carbonyl (C=O) groups excluding carboxylic acids is 2. The molecule has 0 aromatic carbocycles. The van der Waals surface area contributed by atoms with Crippen molar-refractivity contribution in [2.45, 2.75) is 412 Å². The van der Waals surface area contributed by atoms with Crippen molar-refractivity contribution in [2.75, 3.05) is 13.2 Å². The number of rotatable bonds is 76. The molecule has 0 aliphatic carbocycles. The van der Waals surface area contributed by atoms with Crippen LogP contribution in [0, 0.1) is 0 Å². The maximum Gasteiger partial charge on any atom is 0.306 e. The highest BCUT2D eigenvalue weighted by atomic mass is 16.6. The summed E-state index contributed by atoms with van der Waals surface area (Å²) in [5.41, 5.74) is 0. The zero-order chi connectivity index (χ0) is 68.3. The molecule has 0 bridgehead atoms. The molecule has 0 amide bonds. The minimum absolute atomic E-state index is 0.0733. The van der Waals surface area contributed by atoms with Gasteiger partial charge in [-0.2, -0.15) is 0 Å². The van der Waals surface area contributed by atoms with Crippen LogP contribution in [-0.2, 0) is 19.1 Å². The fourth-order valence-corrected chi connectivity index (χ4v) is 12.1. The van der Waals surface area contributed by atoms with Gasteiger partial charge in [0.1, 0.15) is 6.61 Å². The molecule has 0 aromatic rings. The largest absolute Gasteiger partial charge is 0.462 e. The first-order chi connectivity index (χ1) is 47.1. The molecule has 1 atom stereocenters. The van der Waals surface area contributed by atoms with Gasteiger partial charge in [0.25, 0.3) is 0 Å². The molecule has 0 heterocycles. The van der Waals surface area contributed by atoms with Crippen molar-refractivity contribution >= 4 is 11.9 Å². The predicted molar refractivity (Wildman–Crippen MR) is 421 cm³/mol. The van der Waals surface area contributed by atoms with E-state index in [4.69, 9.17) is 9.47 Å². The molecule has 5 nitrogen and oxygen atoms in total. The van der Waals surface area contributed by atoms with Gasteiger partial charge in [0.2, 0.25) is 0 Å². The molecule has 0 aliphatic rings. The fourth-order valence-electron chi connectivity index (χ4n) is 12.1. The zero-order valence-corrected chi connectivity index (χ0v) is 62.9. The van der Waals surface area contributed by atoms with Crippen LogP contribution in [0.25, 0.3) is 0 Å². The number of ether oxygens (including phenoxy) is 2. The van der Waals surface area contributed by atoms with Gasteiger partial charge in [-0.25, -0.2) is 0 Å². The number of hydrogen-bond donors (Lipinski definition) is 1. The normalized spacial score (nSPS) is 12.9. The van der Waals surface area contributed by atoms with Crippen molar-refractivity contribution in [3.63, 3.8) is 0 Å². The number of aliphatic hydroxyl groups is 1. The Labute approximate surface area is 591 Å². The van der Waals surface area contributed by atoms with Crippen LogP contribution in [0.4, 0.5) is 0 Å². The van der Waals surface area contributed by atoms with E-state index in [9.17, 15) is 14.7 Å². The average Bonchev–Trinajstić information content (AvgIpc) is 3.80. The van der Waals surface area contributed by atoms with Crippen LogP contribution < -0.4 is 0 Å². The van der Waals surface area contributed by atoms with Crippen LogP contribution in [0.3, 0.4) is 0 Å². The number of aliphatic hydroxyl groups excluding tert-OH is 1. The van der Waals surface area contributed by atoms with E-state index < -0.39 is 6.10 Å². The lowest BCUT2D eigenvalue weighted by Gasteiger charge is -2.15. The number of esters is 2. The Morgan fingerprint density at radius 2 is 0.453 bits per heavy atom. The van der Waals surface area contributed by atoms with Crippen molar-refractivity contribution in [3.8, 4) is 0 Å². The third-order valence-corrected chi connectivity index (χ3v) is 18.2. The lowest BCUT2D eigenvalue weighted by molar-refractivity contribution is -0.161. The average molecular weight is 1320 g/mol. The smallest absolute Gasteiger partial charge is 0.306 e. The molecule has 0 saturated carbocycles. The van der Waals surface area contributed by atoms with Gasteiger partial charge < -0.3 is 14.6 Å². The molecule has 5 heteroatoms. The second-order valence-electron chi connectivity index (χ2n) is 27.5. The van der Waals surface area contributed by atoms with Gasteiger partial charge in [-0.15, -0.1) is 0 Å². The highest BCUT2D eigenvalue weighted by molar-refractivity contribution is 5.70. The summed E-state index contributed by atoms with van der Waals surface area (Å²) in [5.74, 6) is -0.594. The molecule has 0 saturated heterocycles. The number of hydrogen-bond acceptors (Lipinski definition) is 5. The second kappa shape index (κ2) is 84.3. The molecule has 0 aliphatic heterocycles. The topological polar surface area (TPSA) is 72.8 Å². The highest BCUT2D eigenvalue weighted by Crippen LogP contribution is 2.19. The third-order valence-electron chi connectivity index (χ3n) is 18.2. The summed E-state index contributed by atoms with van der Waals surface area (Å²) in [7, 11) is 0. The number of allylic oxidation sites excluding steroid dienone is 22. The van der Waals surface area contributed by atoms with Crippen LogP contribution in [0.5, 0.6) is 0 Å². The molecule has 0 aromatic heterocycles.